The van der Waals surface area contributed by atoms with Gasteiger partial charge in [-0.3, -0.25) is 0 Å². The van der Waals surface area contributed by atoms with Crippen LogP contribution in [0.1, 0.15) is 0 Å². The maximum atomic E-state index is 4.21. The van der Waals surface area contributed by atoms with Gasteiger partial charge in [0, 0.05) is 0 Å². The number of rotatable bonds is 0. The van der Waals surface area contributed by atoms with E-state index in [-0.39, 0.29) is 0 Å². The summed E-state index contributed by atoms with van der Waals surface area (Å²) in [5, 5.41) is 3.37. The summed E-state index contributed by atoms with van der Waals surface area (Å²) in [4.78, 5) is 5.33. The van der Waals surface area contributed by atoms with E-state index in [0.717, 1.165) is 4.83 Å². The summed E-state index contributed by atoms with van der Waals surface area (Å²) in [7, 11) is 0. The van der Waals surface area contributed by atoms with Crippen LogP contribution in [0.5, 0.6) is 0 Å². The molecule has 0 aliphatic rings. The first-order valence-electron chi connectivity index (χ1n) is 2.89. The fourth-order valence-electron chi connectivity index (χ4n) is 0.855. The van der Waals surface area contributed by atoms with Gasteiger partial charge in [0.05, 0.1) is 0 Å². The van der Waals surface area contributed by atoms with E-state index in [2.05, 4.69) is 33.3 Å². The molecule has 2 radical (unpaired) electrons. The zero-order chi connectivity index (χ0) is 6.97. The van der Waals surface area contributed by atoms with E-state index in [4.69, 9.17) is 0 Å². The maximum absolute atomic E-state index is 4.21. The summed E-state index contributed by atoms with van der Waals surface area (Å²) < 4.78 is 1.26. The molecular weight excluding hydrogens is 205 g/mol. The van der Waals surface area contributed by atoms with Crippen molar-refractivity contribution in [2.45, 2.75) is 0 Å². The predicted octanol–water partition coefficient (Wildman–Crippen LogP) is 1.09. The summed E-state index contributed by atoms with van der Waals surface area (Å²) >= 11 is 4.24. The number of nitrogens with zero attached hydrogens (tertiary/aromatic N) is 1. The molecule has 2 aromatic rings. The van der Waals surface area contributed by atoms with Crippen molar-refractivity contribution in [1.29, 1.82) is 0 Å². The van der Waals surface area contributed by atoms with Crippen molar-refractivity contribution in [3.8, 4) is 0 Å². The van der Waals surface area contributed by atoms with Crippen molar-refractivity contribution < 1.29 is 0 Å². The van der Waals surface area contributed by atoms with Crippen molar-refractivity contribution in [1.82, 2.24) is 4.98 Å². The normalized spacial score (nSPS) is 10.5. The minimum absolute atomic E-state index is 1.12. The molecule has 0 saturated carbocycles. The second-order valence-corrected chi connectivity index (χ2v) is 3.85. The molecule has 0 aliphatic heterocycles. The van der Waals surface area contributed by atoms with E-state index in [1.165, 1.54) is 9.74 Å². The van der Waals surface area contributed by atoms with Crippen LogP contribution in [0.15, 0.2) is 23.7 Å². The Hall–Kier alpha value is -0.332. The van der Waals surface area contributed by atoms with Crippen LogP contribution < -0.4 is 4.35 Å². The minimum atomic E-state index is 1.12. The molecule has 48 valence electrons. The SMILES string of the molecule is [As]c1csc2ncccc12. The molecule has 0 N–H and O–H groups in total. The first-order chi connectivity index (χ1) is 4.88. The topological polar surface area (TPSA) is 12.9 Å². The Labute approximate surface area is 71.6 Å². The summed E-state index contributed by atoms with van der Waals surface area (Å²) in [5.74, 6) is 0. The quantitative estimate of drug-likeness (QED) is 0.592. The van der Waals surface area contributed by atoms with Crippen LogP contribution in [-0.2, 0) is 0 Å². The van der Waals surface area contributed by atoms with E-state index < -0.39 is 0 Å². The number of fused-ring (bicyclic) bond motifs is 1. The first-order valence-corrected chi connectivity index (χ1v) is 4.71. The molecule has 0 unspecified atom stereocenters. The Bertz CT molecular complexity index is 355. The summed E-state index contributed by atoms with van der Waals surface area (Å²) in [6.45, 7) is 0. The molecule has 2 aromatic heterocycles. The molecule has 0 saturated heterocycles. The van der Waals surface area contributed by atoms with Crippen molar-refractivity contribution >= 4 is 42.8 Å². The molecule has 0 aromatic carbocycles. The van der Waals surface area contributed by atoms with Gasteiger partial charge in [0.1, 0.15) is 0 Å². The Morgan fingerprint density at radius 1 is 1.50 bits per heavy atom. The average molecular weight is 209 g/mol. The molecule has 0 atom stereocenters. The Morgan fingerprint density at radius 2 is 2.40 bits per heavy atom. The molecule has 0 fully saturated rings. The zero-order valence-corrected chi connectivity index (χ0v) is 7.81. The molecule has 0 aliphatic carbocycles. The van der Waals surface area contributed by atoms with Crippen LogP contribution in [0.3, 0.4) is 0 Å². The second kappa shape index (κ2) is 2.37. The van der Waals surface area contributed by atoms with Crippen molar-refractivity contribution in [2.24, 2.45) is 0 Å². The monoisotopic (exact) mass is 209 g/mol. The van der Waals surface area contributed by atoms with Crippen LogP contribution in [0, 0.1) is 0 Å². The fraction of sp³-hybridized carbons (Fsp3) is 0. The van der Waals surface area contributed by atoms with Gasteiger partial charge in [-0.2, -0.15) is 0 Å². The molecule has 1 nitrogen and oxygen atoms in total. The van der Waals surface area contributed by atoms with Gasteiger partial charge in [-0.15, -0.1) is 0 Å². The van der Waals surface area contributed by atoms with Gasteiger partial charge >= 0.3 is 71.5 Å². The molecule has 0 amide bonds. The number of hydrogen-bond acceptors (Lipinski definition) is 2. The Balaban J connectivity index is 2.93. The van der Waals surface area contributed by atoms with Gasteiger partial charge in [0.2, 0.25) is 0 Å². The molecular formula is C7H4AsNS. The van der Waals surface area contributed by atoms with Crippen molar-refractivity contribution in [2.75, 3.05) is 0 Å². The number of aromatic nitrogens is 1. The van der Waals surface area contributed by atoms with Gasteiger partial charge < -0.3 is 0 Å². The van der Waals surface area contributed by atoms with Gasteiger partial charge in [0.25, 0.3) is 0 Å². The van der Waals surface area contributed by atoms with Crippen LogP contribution in [-0.4, -0.2) is 21.8 Å². The van der Waals surface area contributed by atoms with E-state index in [0.29, 0.717) is 0 Å². The van der Waals surface area contributed by atoms with Gasteiger partial charge in [-0.1, -0.05) is 0 Å². The second-order valence-electron chi connectivity index (χ2n) is 1.98. The number of thiophene rings is 1. The molecule has 2 rings (SSSR count). The predicted molar refractivity (Wildman–Crippen MR) is 45.0 cm³/mol. The first kappa shape index (κ1) is 6.38. The van der Waals surface area contributed by atoms with E-state index >= 15 is 0 Å². The van der Waals surface area contributed by atoms with Gasteiger partial charge in [-0.25, -0.2) is 0 Å². The molecule has 0 spiro atoms. The van der Waals surface area contributed by atoms with E-state index in [1.54, 1.807) is 11.3 Å². The van der Waals surface area contributed by atoms with Crippen molar-refractivity contribution in [3.05, 3.63) is 23.7 Å². The van der Waals surface area contributed by atoms with Crippen molar-refractivity contribution in [3.63, 3.8) is 0 Å². The third-order valence-electron chi connectivity index (χ3n) is 1.33. The molecule has 10 heavy (non-hydrogen) atoms. The van der Waals surface area contributed by atoms with Crippen LogP contribution in [0.25, 0.3) is 10.2 Å². The van der Waals surface area contributed by atoms with Crippen LogP contribution in [0.4, 0.5) is 0 Å². The third kappa shape index (κ3) is 0.881. The Morgan fingerprint density at radius 3 is 3.20 bits per heavy atom. The van der Waals surface area contributed by atoms with E-state index in [1.807, 2.05) is 12.3 Å². The average Bonchev–Trinajstić information content (AvgIpc) is 2.34. The third-order valence-corrected chi connectivity index (χ3v) is 3.39. The van der Waals surface area contributed by atoms with E-state index in [9.17, 15) is 0 Å². The summed E-state index contributed by atoms with van der Waals surface area (Å²) in [5.41, 5.74) is 0. The van der Waals surface area contributed by atoms with Crippen LogP contribution >= 0.6 is 11.3 Å². The molecule has 2 heterocycles. The number of pyridine rings is 1. The standard InChI is InChI=1S/C7H4AsNS/c8-6-4-10-7-5(6)2-1-3-9-7/h1-4H. The summed E-state index contributed by atoms with van der Waals surface area (Å²) in [6.07, 6.45) is 1.82. The zero-order valence-electron chi connectivity index (χ0n) is 5.11. The van der Waals surface area contributed by atoms with Gasteiger partial charge in [0.15, 0.2) is 0 Å². The molecule has 3 heteroatoms. The van der Waals surface area contributed by atoms with Crippen LogP contribution in [0.2, 0.25) is 0 Å². The number of hydrogen-bond donors (Lipinski definition) is 0. The Kier molecular flexibility index (Phi) is 1.51. The van der Waals surface area contributed by atoms with Gasteiger partial charge in [-0.05, 0) is 0 Å². The fourth-order valence-corrected chi connectivity index (χ4v) is 2.51. The molecule has 0 bridgehead atoms. The summed E-state index contributed by atoms with van der Waals surface area (Å²) in [6, 6.07) is 4.05.